The van der Waals surface area contributed by atoms with E-state index in [9.17, 15) is 0 Å². The quantitative estimate of drug-likeness (QED) is 0.667. The molecule has 1 aromatic carbocycles. The largest absolute Gasteiger partial charge is 0.494 e. The summed E-state index contributed by atoms with van der Waals surface area (Å²) in [6.45, 7) is 8.14. The molecule has 1 saturated heterocycles. The second-order valence-electron chi connectivity index (χ2n) is 7.46. The number of pyridine rings is 1. The predicted octanol–water partition coefficient (Wildman–Crippen LogP) is 2.59. The summed E-state index contributed by atoms with van der Waals surface area (Å²) >= 11 is 0. The molecule has 1 fully saturated rings. The number of hydrogen-bond donors (Lipinski definition) is 0. The van der Waals surface area contributed by atoms with Crippen molar-refractivity contribution in [3.8, 4) is 11.9 Å². The standard InChI is InChI=1S/C19H19BN4O2/c1-18(2)19(3,4)26-20(25-18)14-9-8-13-12-22-24(16(13)10-14)17-7-5-6-15(11-21)23-17/h5-10,12H,1-4H3. The fourth-order valence-corrected chi connectivity index (χ4v) is 2.95. The monoisotopic (exact) mass is 346 g/mol. The zero-order valence-corrected chi connectivity index (χ0v) is 15.2. The summed E-state index contributed by atoms with van der Waals surface area (Å²) in [6, 6.07) is 13.4. The molecule has 130 valence electrons. The van der Waals surface area contributed by atoms with Crippen LogP contribution >= 0.6 is 0 Å². The molecule has 2 aromatic heterocycles. The van der Waals surface area contributed by atoms with Gasteiger partial charge in [-0.05, 0) is 51.4 Å². The molecule has 0 saturated carbocycles. The van der Waals surface area contributed by atoms with Crippen molar-refractivity contribution in [2.75, 3.05) is 0 Å². The number of aromatic nitrogens is 3. The van der Waals surface area contributed by atoms with Gasteiger partial charge in [-0.1, -0.05) is 18.2 Å². The van der Waals surface area contributed by atoms with Gasteiger partial charge in [0, 0.05) is 5.39 Å². The van der Waals surface area contributed by atoms with Crippen LogP contribution in [0.15, 0.2) is 42.6 Å². The first-order valence-electron chi connectivity index (χ1n) is 8.52. The minimum absolute atomic E-state index is 0.355. The molecule has 0 aliphatic carbocycles. The minimum Gasteiger partial charge on any atom is -0.399 e. The van der Waals surface area contributed by atoms with Crippen LogP contribution in [0.2, 0.25) is 0 Å². The third-order valence-corrected chi connectivity index (χ3v) is 5.19. The van der Waals surface area contributed by atoms with Gasteiger partial charge in [0.2, 0.25) is 0 Å². The maximum Gasteiger partial charge on any atom is 0.494 e. The van der Waals surface area contributed by atoms with Crippen LogP contribution in [0.25, 0.3) is 16.7 Å². The summed E-state index contributed by atoms with van der Waals surface area (Å²) in [5.41, 5.74) is 1.38. The first kappa shape index (κ1) is 16.8. The van der Waals surface area contributed by atoms with E-state index < -0.39 is 18.3 Å². The Morgan fingerprint density at radius 2 is 1.81 bits per heavy atom. The van der Waals surface area contributed by atoms with Crippen molar-refractivity contribution >= 4 is 23.5 Å². The Balaban J connectivity index is 1.78. The summed E-state index contributed by atoms with van der Waals surface area (Å²) in [7, 11) is -0.439. The highest BCUT2D eigenvalue weighted by Crippen LogP contribution is 2.36. The van der Waals surface area contributed by atoms with Crippen LogP contribution in [-0.2, 0) is 9.31 Å². The zero-order chi connectivity index (χ0) is 18.5. The molecule has 0 amide bonds. The van der Waals surface area contributed by atoms with Crippen LogP contribution in [0.5, 0.6) is 0 Å². The van der Waals surface area contributed by atoms with E-state index in [2.05, 4.69) is 16.2 Å². The molecule has 0 N–H and O–H groups in total. The normalized spacial score (nSPS) is 18.2. The highest BCUT2D eigenvalue weighted by atomic mass is 16.7. The fourth-order valence-electron chi connectivity index (χ4n) is 2.95. The molecule has 0 bridgehead atoms. The van der Waals surface area contributed by atoms with Gasteiger partial charge < -0.3 is 9.31 Å². The van der Waals surface area contributed by atoms with Crippen LogP contribution in [0, 0.1) is 11.3 Å². The van der Waals surface area contributed by atoms with E-state index in [-0.39, 0.29) is 0 Å². The Morgan fingerprint density at radius 3 is 2.50 bits per heavy atom. The Hall–Kier alpha value is -2.69. The lowest BCUT2D eigenvalue weighted by Gasteiger charge is -2.32. The van der Waals surface area contributed by atoms with Crippen LogP contribution < -0.4 is 5.46 Å². The van der Waals surface area contributed by atoms with E-state index in [0.29, 0.717) is 11.5 Å². The molecule has 1 aliphatic rings. The van der Waals surface area contributed by atoms with Crippen molar-refractivity contribution in [2.45, 2.75) is 38.9 Å². The van der Waals surface area contributed by atoms with Gasteiger partial charge in [-0.2, -0.15) is 10.4 Å². The van der Waals surface area contributed by atoms with E-state index in [1.54, 1.807) is 23.0 Å². The highest BCUT2D eigenvalue weighted by Gasteiger charge is 2.51. The SMILES string of the molecule is CC1(C)OB(c2ccc3cnn(-c4cccc(C#N)n4)c3c2)OC1(C)C. The fraction of sp³-hybridized carbons (Fsp3) is 0.316. The molecule has 6 nitrogen and oxygen atoms in total. The molecular weight excluding hydrogens is 327 g/mol. The van der Waals surface area contributed by atoms with Gasteiger partial charge in [0.1, 0.15) is 11.8 Å². The molecule has 3 aromatic rings. The number of benzene rings is 1. The van der Waals surface area contributed by atoms with Crippen molar-refractivity contribution in [1.29, 1.82) is 5.26 Å². The van der Waals surface area contributed by atoms with Crippen molar-refractivity contribution in [3.63, 3.8) is 0 Å². The maximum absolute atomic E-state index is 9.08. The van der Waals surface area contributed by atoms with Crippen LogP contribution in [0.4, 0.5) is 0 Å². The van der Waals surface area contributed by atoms with Crippen molar-refractivity contribution < 1.29 is 9.31 Å². The average Bonchev–Trinajstić information content (AvgIpc) is 3.12. The molecule has 7 heteroatoms. The summed E-state index contributed by atoms with van der Waals surface area (Å²) < 4.78 is 14.0. The van der Waals surface area contributed by atoms with Gasteiger partial charge in [0.15, 0.2) is 5.82 Å². The number of nitrogens with zero attached hydrogens (tertiary/aromatic N) is 4. The molecule has 3 heterocycles. The molecule has 0 atom stereocenters. The topological polar surface area (TPSA) is 73.0 Å². The smallest absolute Gasteiger partial charge is 0.399 e. The molecule has 0 radical (unpaired) electrons. The van der Waals surface area contributed by atoms with Gasteiger partial charge in [-0.15, -0.1) is 0 Å². The first-order valence-corrected chi connectivity index (χ1v) is 8.52. The van der Waals surface area contributed by atoms with Gasteiger partial charge >= 0.3 is 7.12 Å². The summed E-state index contributed by atoms with van der Waals surface area (Å²) in [5.74, 6) is 0.602. The van der Waals surface area contributed by atoms with E-state index in [1.165, 1.54) is 0 Å². The average molecular weight is 346 g/mol. The number of fused-ring (bicyclic) bond motifs is 1. The minimum atomic E-state index is -0.439. The van der Waals surface area contributed by atoms with E-state index in [0.717, 1.165) is 16.4 Å². The number of hydrogen-bond acceptors (Lipinski definition) is 5. The summed E-state index contributed by atoms with van der Waals surface area (Å²) in [4.78, 5) is 4.33. The van der Waals surface area contributed by atoms with Crippen molar-refractivity contribution in [3.05, 3.63) is 48.3 Å². The van der Waals surface area contributed by atoms with Gasteiger partial charge in [0.25, 0.3) is 0 Å². The second kappa shape index (κ2) is 5.66. The lowest BCUT2D eigenvalue weighted by atomic mass is 9.79. The molecule has 0 spiro atoms. The second-order valence-corrected chi connectivity index (χ2v) is 7.46. The zero-order valence-electron chi connectivity index (χ0n) is 15.2. The lowest BCUT2D eigenvalue weighted by molar-refractivity contribution is 0.00578. The maximum atomic E-state index is 9.08. The first-order chi connectivity index (χ1) is 12.3. The molecular formula is C19H19BN4O2. The molecule has 0 unspecified atom stereocenters. The van der Waals surface area contributed by atoms with Crippen LogP contribution in [0.1, 0.15) is 33.4 Å². The lowest BCUT2D eigenvalue weighted by Crippen LogP contribution is -2.41. The van der Waals surface area contributed by atoms with E-state index in [4.69, 9.17) is 14.6 Å². The van der Waals surface area contributed by atoms with Crippen LogP contribution in [0.3, 0.4) is 0 Å². The van der Waals surface area contributed by atoms with Crippen molar-refractivity contribution in [1.82, 2.24) is 14.8 Å². The van der Waals surface area contributed by atoms with E-state index in [1.807, 2.05) is 52.0 Å². The summed E-state index contributed by atoms with van der Waals surface area (Å²) in [6.07, 6.45) is 1.78. The number of nitriles is 1. The predicted molar refractivity (Wildman–Crippen MR) is 99.3 cm³/mol. The Morgan fingerprint density at radius 1 is 1.08 bits per heavy atom. The molecule has 1 aliphatic heterocycles. The Labute approximate surface area is 152 Å². The van der Waals surface area contributed by atoms with Crippen molar-refractivity contribution in [2.24, 2.45) is 0 Å². The van der Waals surface area contributed by atoms with Gasteiger partial charge in [-0.25, -0.2) is 9.67 Å². The van der Waals surface area contributed by atoms with Gasteiger partial charge in [0.05, 0.1) is 22.9 Å². The Bertz CT molecular complexity index is 1020. The van der Waals surface area contributed by atoms with E-state index >= 15 is 0 Å². The highest BCUT2D eigenvalue weighted by molar-refractivity contribution is 6.62. The van der Waals surface area contributed by atoms with Gasteiger partial charge in [-0.3, -0.25) is 0 Å². The van der Waals surface area contributed by atoms with Crippen LogP contribution in [-0.4, -0.2) is 33.1 Å². The summed E-state index contributed by atoms with van der Waals surface area (Å²) in [5, 5.41) is 14.5. The number of rotatable bonds is 2. The Kier molecular flexibility index (Phi) is 3.65. The third-order valence-electron chi connectivity index (χ3n) is 5.19. The molecule has 4 rings (SSSR count). The third kappa shape index (κ3) is 2.59. The molecule has 26 heavy (non-hydrogen) atoms.